The summed E-state index contributed by atoms with van der Waals surface area (Å²) in [6.45, 7) is 6.36. The smallest absolute Gasteiger partial charge is 0.262 e. The second kappa shape index (κ2) is 6.92. The molecule has 1 atom stereocenters. The van der Waals surface area contributed by atoms with Gasteiger partial charge < -0.3 is 5.32 Å². The van der Waals surface area contributed by atoms with Crippen molar-refractivity contribution >= 4 is 33.3 Å². The van der Waals surface area contributed by atoms with Gasteiger partial charge in [0.2, 0.25) is 5.91 Å². The predicted octanol–water partition coefficient (Wildman–Crippen LogP) is 3.27. The molecule has 3 aromatic rings. The highest BCUT2D eigenvalue weighted by atomic mass is 32.1. The number of hydrogen-bond acceptors (Lipinski definition) is 5. The fourth-order valence-electron chi connectivity index (χ4n) is 3.37. The topological polar surface area (TPSA) is 81.8 Å². The van der Waals surface area contributed by atoms with E-state index in [4.69, 9.17) is 0 Å². The largest absolute Gasteiger partial charge is 0.311 e. The highest BCUT2D eigenvalue weighted by Gasteiger charge is 2.30. The van der Waals surface area contributed by atoms with E-state index in [1.807, 2.05) is 24.6 Å². The van der Waals surface area contributed by atoms with Crippen LogP contribution >= 0.6 is 11.3 Å². The molecule has 0 bridgehead atoms. The van der Waals surface area contributed by atoms with Gasteiger partial charge in [0.25, 0.3) is 5.56 Å². The van der Waals surface area contributed by atoms with E-state index in [9.17, 15) is 9.59 Å². The summed E-state index contributed by atoms with van der Waals surface area (Å²) in [7, 11) is 0. The number of carbonyl (C=O) groups excluding carboxylic acids is 1. The molecule has 0 aromatic carbocycles. The molecular weight excluding hydrogens is 362 g/mol. The van der Waals surface area contributed by atoms with Gasteiger partial charge in [0.05, 0.1) is 24.0 Å². The van der Waals surface area contributed by atoms with Gasteiger partial charge in [-0.05, 0) is 45.1 Å². The number of amides is 1. The zero-order valence-electron chi connectivity index (χ0n) is 15.7. The molecular formula is C19H23N5O2S. The van der Waals surface area contributed by atoms with E-state index in [1.54, 1.807) is 6.20 Å². The van der Waals surface area contributed by atoms with Crippen LogP contribution in [0.5, 0.6) is 0 Å². The van der Waals surface area contributed by atoms with Crippen molar-refractivity contribution in [3.8, 4) is 0 Å². The maximum absolute atomic E-state index is 12.7. The van der Waals surface area contributed by atoms with Gasteiger partial charge in [-0.1, -0.05) is 0 Å². The fraction of sp³-hybridized carbons (Fsp3) is 0.474. The van der Waals surface area contributed by atoms with Crippen LogP contribution in [0.4, 0.5) is 5.82 Å². The molecule has 1 amide bonds. The lowest BCUT2D eigenvalue weighted by Gasteiger charge is -2.15. The molecule has 1 fully saturated rings. The van der Waals surface area contributed by atoms with Crippen LogP contribution in [0, 0.1) is 19.8 Å². The number of carbonyl (C=O) groups is 1. The zero-order chi connectivity index (χ0) is 19.1. The van der Waals surface area contributed by atoms with Crippen LogP contribution in [0.3, 0.4) is 0 Å². The van der Waals surface area contributed by atoms with E-state index in [2.05, 4.69) is 22.3 Å². The lowest BCUT2D eigenvalue weighted by Crippen LogP contribution is -2.24. The summed E-state index contributed by atoms with van der Waals surface area (Å²) in [5.41, 5.74) is 0.895. The third-order valence-electron chi connectivity index (χ3n) is 5.36. The number of hydrogen-bond donors (Lipinski definition) is 1. The Morgan fingerprint density at radius 2 is 2.19 bits per heavy atom. The Bertz CT molecular complexity index is 1060. The second-order valence-corrected chi connectivity index (χ2v) is 8.45. The van der Waals surface area contributed by atoms with Gasteiger partial charge in [0.15, 0.2) is 0 Å². The van der Waals surface area contributed by atoms with Crippen LogP contribution < -0.4 is 10.9 Å². The molecule has 0 aliphatic heterocycles. The molecule has 8 heteroatoms. The van der Waals surface area contributed by atoms with Crippen molar-refractivity contribution < 1.29 is 4.79 Å². The first kappa shape index (κ1) is 17.9. The number of nitrogens with zero attached hydrogens (tertiary/aromatic N) is 4. The number of rotatable bonds is 6. The average molecular weight is 385 g/mol. The molecule has 1 unspecified atom stereocenters. The number of aryl methyl sites for hydroxylation is 3. The minimum Gasteiger partial charge on any atom is -0.311 e. The van der Waals surface area contributed by atoms with Gasteiger partial charge in [-0.25, -0.2) is 9.67 Å². The monoisotopic (exact) mass is 385 g/mol. The van der Waals surface area contributed by atoms with E-state index in [0.717, 1.165) is 15.3 Å². The number of fused-ring (bicyclic) bond motifs is 1. The normalized spacial score (nSPS) is 15.2. The standard InChI is InChI=1S/C19H23N5O2S/c1-11-13(3)27-18-17(11)19(26)23(10-20-18)9-7-16(25)22-15-6-8-21-24(15)12(2)14-4-5-14/h6,8,10,12,14H,4-5,7,9H2,1-3H3,(H,22,25). The minimum atomic E-state index is -0.134. The van der Waals surface area contributed by atoms with Crippen LogP contribution in [0.2, 0.25) is 0 Å². The summed E-state index contributed by atoms with van der Waals surface area (Å²) < 4.78 is 3.40. The maximum Gasteiger partial charge on any atom is 0.262 e. The molecule has 1 N–H and O–H groups in total. The summed E-state index contributed by atoms with van der Waals surface area (Å²) in [4.78, 5) is 31.3. The third kappa shape index (κ3) is 3.41. The molecule has 142 valence electrons. The van der Waals surface area contributed by atoms with Crippen molar-refractivity contribution in [2.24, 2.45) is 5.92 Å². The van der Waals surface area contributed by atoms with Gasteiger partial charge in [0, 0.05) is 23.9 Å². The molecule has 3 heterocycles. The predicted molar refractivity (Wildman–Crippen MR) is 106 cm³/mol. The Labute approximate surface area is 161 Å². The number of anilines is 1. The lowest BCUT2D eigenvalue weighted by atomic mass is 10.2. The fourth-order valence-corrected chi connectivity index (χ4v) is 4.36. The Kier molecular flexibility index (Phi) is 4.59. The van der Waals surface area contributed by atoms with E-state index < -0.39 is 0 Å². The average Bonchev–Trinajstić information content (AvgIpc) is 3.32. The van der Waals surface area contributed by atoms with E-state index >= 15 is 0 Å². The van der Waals surface area contributed by atoms with E-state index in [0.29, 0.717) is 23.7 Å². The summed E-state index contributed by atoms with van der Waals surface area (Å²) in [6.07, 6.45) is 5.88. The van der Waals surface area contributed by atoms with Crippen LogP contribution in [0.25, 0.3) is 10.2 Å². The molecule has 1 aliphatic rings. The molecule has 0 spiro atoms. The first-order chi connectivity index (χ1) is 13.0. The molecule has 7 nitrogen and oxygen atoms in total. The Balaban J connectivity index is 1.45. The number of aromatic nitrogens is 4. The Morgan fingerprint density at radius 3 is 2.93 bits per heavy atom. The van der Waals surface area contributed by atoms with Gasteiger partial charge in [-0.3, -0.25) is 14.2 Å². The first-order valence-electron chi connectivity index (χ1n) is 9.24. The van der Waals surface area contributed by atoms with Gasteiger partial charge in [-0.15, -0.1) is 11.3 Å². The van der Waals surface area contributed by atoms with Gasteiger partial charge in [0.1, 0.15) is 10.6 Å². The molecule has 1 aliphatic carbocycles. The highest BCUT2D eigenvalue weighted by molar-refractivity contribution is 7.18. The molecule has 0 saturated heterocycles. The molecule has 27 heavy (non-hydrogen) atoms. The summed E-state index contributed by atoms with van der Waals surface area (Å²) in [5, 5.41) is 7.93. The number of nitrogens with one attached hydrogen (secondary N) is 1. The first-order valence-corrected chi connectivity index (χ1v) is 10.1. The van der Waals surface area contributed by atoms with Crippen molar-refractivity contribution in [1.82, 2.24) is 19.3 Å². The highest BCUT2D eigenvalue weighted by Crippen LogP contribution is 2.40. The molecule has 4 rings (SSSR count). The molecule has 1 saturated carbocycles. The Morgan fingerprint density at radius 1 is 1.41 bits per heavy atom. The minimum absolute atomic E-state index is 0.0814. The quantitative estimate of drug-likeness (QED) is 0.706. The van der Waals surface area contributed by atoms with Crippen molar-refractivity contribution in [2.75, 3.05) is 5.32 Å². The van der Waals surface area contributed by atoms with Crippen LogP contribution in [0.15, 0.2) is 23.4 Å². The summed E-state index contributed by atoms with van der Waals surface area (Å²) >= 11 is 1.53. The van der Waals surface area contributed by atoms with Crippen molar-refractivity contribution in [1.29, 1.82) is 0 Å². The van der Waals surface area contributed by atoms with Crippen molar-refractivity contribution in [2.45, 2.75) is 52.6 Å². The summed E-state index contributed by atoms with van der Waals surface area (Å²) in [6, 6.07) is 2.10. The van der Waals surface area contributed by atoms with Gasteiger partial charge in [-0.2, -0.15) is 5.10 Å². The van der Waals surface area contributed by atoms with Gasteiger partial charge >= 0.3 is 0 Å². The Hall–Kier alpha value is -2.48. The van der Waals surface area contributed by atoms with Crippen LogP contribution in [0.1, 0.15) is 42.7 Å². The van der Waals surface area contributed by atoms with E-state index in [-0.39, 0.29) is 23.9 Å². The van der Waals surface area contributed by atoms with E-state index in [1.165, 1.54) is 35.1 Å². The molecule has 0 radical (unpaired) electrons. The zero-order valence-corrected chi connectivity index (χ0v) is 16.5. The molecule has 3 aromatic heterocycles. The van der Waals surface area contributed by atoms with Crippen molar-refractivity contribution in [3.63, 3.8) is 0 Å². The summed E-state index contributed by atoms with van der Waals surface area (Å²) in [5.74, 6) is 1.23. The number of thiophene rings is 1. The third-order valence-corrected chi connectivity index (χ3v) is 6.48. The SMILES string of the molecule is Cc1sc2ncn(CCC(=O)Nc3ccnn3C(C)C3CC3)c(=O)c2c1C. The van der Waals surface area contributed by atoms with Crippen LogP contribution in [-0.4, -0.2) is 25.2 Å². The van der Waals surface area contributed by atoms with Crippen LogP contribution in [-0.2, 0) is 11.3 Å². The lowest BCUT2D eigenvalue weighted by molar-refractivity contribution is -0.116. The van der Waals surface area contributed by atoms with Crippen molar-refractivity contribution in [3.05, 3.63) is 39.4 Å². The second-order valence-electron chi connectivity index (χ2n) is 7.24. The maximum atomic E-state index is 12.7.